The highest BCUT2D eigenvalue weighted by Crippen LogP contribution is 2.07. The lowest BCUT2D eigenvalue weighted by molar-refractivity contribution is 0.184. The van der Waals surface area contributed by atoms with Crippen LogP contribution in [-0.2, 0) is 6.42 Å². The quantitative estimate of drug-likeness (QED) is 0.814. The van der Waals surface area contributed by atoms with Crippen molar-refractivity contribution in [1.29, 1.82) is 0 Å². The summed E-state index contributed by atoms with van der Waals surface area (Å²) in [6.07, 6.45) is 0.638. The maximum Gasteiger partial charge on any atom is 0.270 e. The summed E-state index contributed by atoms with van der Waals surface area (Å²) in [6.45, 7) is 1.70. The lowest BCUT2D eigenvalue weighted by Crippen LogP contribution is -2.16. The van der Waals surface area contributed by atoms with Crippen LogP contribution in [0.25, 0.3) is 11.0 Å². The summed E-state index contributed by atoms with van der Waals surface area (Å²) in [5.74, 6) is 0. The molecule has 2 rings (SSSR count). The van der Waals surface area contributed by atoms with Crippen LogP contribution in [0.5, 0.6) is 0 Å². The molecule has 1 unspecified atom stereocenters. The number of para-hydroxylation sites is 2. The predicted molar refractivity (Wildman–Crippen MR) is 62.4 cm³/mol. The van der Waals surface area contributed by atoms with Gasteiger partial charge in [-0.1, -0.05) is 12.1 Å². The first kappa shape index (κ1) is 10.8. The van der Waals surface area contributed by atoms with Crippen LogP contribution in [0.2, 0.25) is 0 Å². The summed E-state index contributed by atoms with van der Waals surface area (Å²) in [5, 5.41) is 9.18. The van der Waals surface area contributed by atoms with Crippen molar-refractivity contribution in [1.82, 2.24) is 9.97 Å². The fourth-order valence-corrected chi connectivity index (χ4v) is 1.58. The van der Waals surface area contributed by atoms with Gasteiger partial charge >= 0.3 is 0 Å². The molecule has 0 aliphatic heterocycles. The van der Waals surface area contributed by atoms with Crippen LogP contribution >= 0.6 is 0 Å². The van der Waals surface area contributed by atoms with Gasteiger partial charge in [0, 0.05) is 0 Å². The molecule has 1 aromatic heterocycles. The second kappa shape index (κ2) is 4.45. The smallest absolute Gasteiger partial charge is 0.270 e. The SMILES string of the molecule is CC(O)CCc1nc2ccccc2[nH]c1=O. The molecule has 1 heterocycles. The van der Waals surface area contributed by atoms with Crippen LogP contribution in [0.3, 0.4) is 0 Å². The molecule has 0 fully saturated rings. The Kier molecular flexibility index (Phi) is 3.01. The minimum atomic E-state index is -0.410. The van der Waals surface area contributed by atoms with Crippen molar-refractivity contribution in [3.63, 3.8) is 0 Å². The van der Waals surface area contributed by atoms with Crippen molar-refractivity contribution < 1.29 is 5.11 Å². The molecule has 4 heteroatoms. The van der Waals surface area contributed by atoms with Crippen molar-refractivity contribution >= 4 is 11.0 Å². The molecule has 0 spiro atoms. The van der Waals surface area contributed by atoms with E-state index in [1.165, 1.54) is 0 Å². The molecule has 4 nitrogen and oxygen atoms in total. The van der Waals surface area contributed by atoms with Gasteiger partial charge in [-0.05, 0) is 31.9 Å². The molecule has 84 valence electrons. The molecule has 0 bridgehead atoms. The number of aryl methyl sites for hydroxylation is 1. The lowest BCUT2D eigenvalue weighted by atomic mass is 10.1. The minimum absolute atomic E-state index is 0.167. The Morgan fingerprint density at radius 2 is 2.19 bits per heavy atom. The molecule has 1 atom stereocenters. The Labute approximate surface area is 93.0 Å². The van der Waals surface area contributed by atoms with Crippen LogP contribution in [0, 0.1) is 0 Å². The Morgan fingerprint density at radius 1 is 1.44 bits per heavy atom. The molecule has 2 N–H and O–H groups in total. The summed E-state index contributed by atoms with van der Waals surface area (Å²) >= 11 is 0. The molecule has 16 heavy (non-hydrogen) atoms. The number of aliphatic hydroxyl groups excluding tert-OH is 1. The van der Waals surface area contributed by atoms with Gasteiger partial charge < -0.3 is 10.1 Å². The number of aliphatic hydroxyl groups is 1. The second-order valence-electron chi connectivity index (χ2n) is 3.92. The molecule has 0 saturated carbocycles. The van der Waals surface area contributed by atoms with Crippen molar-refractivity contribution in [2.24, 2.45) is 0 Å². The zero-order valence-electron chi connectivity index (χ0n) is 9.10. The van der Waals surface area contributed by atoms with Crippen LogP contribution < -0.4 is 5.56 Å². The Bertz CT molecular complexity index is 546. The number of aromatic nitrogens is 2. The van der Waals surface area contributed by atoms with Gasteiger partial charge in [0.2, 0.25) is 0 Å². The molecule has 2 aromatic rings. The molecule has 1 aromatic carbocycles. The van der Waals surface area contributed by atoms with E-state index in [1.54, 1.807) is 6.92 Å². The molecule has 0 amide bonds. The van der Waals surface area contributed by atoms with Crippen molar-refractivity contribution in [2.45, 2.75) is 25.9 Å². The second-order valence-corrected chi connectivity index (χ2v) is 3.92. The van der Waals surface area contributed by atoms with Gasteiger partial charge in [0.1, 0.15) is 5.69 Å². The standard InChI is InChI=1S/C12H14N2O2/c1-8(15)6-7-11-12(16)14-10-5-3-2-4-9(10)13-11/h2-5,8,15H,6-7H2,1H3,(H,14,16). The number of hydrogen-bond acceptors (Lipinski definition) is 3. The Morgan fingerprint density at radius 3 is 2.94 bits per heavy atom. The average Bonchev–Trinajstić information content (AvgIpc) is 2.26. The number of H-pyrrole nitrogens is 1. The number of nitrogens with one attached hydrogen (secondary N) is 1. The van der Waals surface area contributed by atoms with Gasteiger partial charge in [-0.3, -0.25) is 4.79 Å². The van der Waals surface area contributed by atoms with Gasteiger partial charge in [0.15, 0.2) is 0 Å². The van der Waals surface area contributed by atoms with Gasteiger partial charge in [-0.2, -0.15) is 0 Å². The third kappa shape index (κ3) is 2.28. The van der Waals surface area contributed by atoms with Crippen LogP contribution in [0.15, 0.2) is 29.1 Å². The number of fused-ring (bicyclic) bond motifs is 1. The third-order valence-electron chi connectivity index (χ3n) is 2.47. The largest absolute Gasteiger partial charge is 0.393 e. The van der Waals surface area contributed by atoms with Crippen molar-refractivity contribution in [3.8, 4) is 0 Å². The monoisotopic (exact) mass is 218 g/mol. The molecular weight excluding hydrogens is 204 g/mol. The number of nitrogens with zero attached hydrogens (tertiary/aromatic N) is 1. The van der Waals surface area contributed by atoms with Crippen LogP contribution in [0.4, 0.5) is 0 Å². The highest BCUT2D eigenvalue weighted by Gasteiger charge is 2.05. The summed E-state index contributed by atoms with van der Waals surface area (Å²) in [5.41, 5.74) is 1.84. The van der Waals surface area contributed by atoms with Gasteiger partial charge in [0.05, 0.1) is 17.1 Å². The highest BCUT2D eigenvalue weighted by molar-refractivity contribution is 5.73. The van der Waals surface area contributed by atoms with Crippen LogP contribution in [-0.4, -0.2) is 21.2 Å². The van der Waals surface area contributed by atoms with E-state index in [0.717, 1.165) is 11.0 Å². The zero-order chi connectivity index (χ0) is 11.5. The van der Waals surface area contributed by atoms with E-state index in [-0.39, 0.29) is 5.56 Å². The lowest BCUT2D eigenvalue weighted by Gasteiger charge is -2.04. The molecule has 0 aliphatic rings. The summed E-state index contributed by atoms with van der Waals surface area (Å²) in [6, 6.07) is 7.42. The average molecular weight is 218 g/mol. The molecule has 0 radical (unpaired) electrons. The Hall–Kier alpha value is -1.68. The first-order chi connectivity index (χ1) is 7.66. The maximum atomic E-state index is 11.6. The van der Waals surface area contributed by atoms with Gasteiger partial charge in [0.25, 0.3) is 5.56 Å². The van der Waals surface area contributed by atoms with E-state index in [1.807, 2.05) is 24.3 Å². The zero-order valence-corrected chi connectivity index (χ0v) is 9.10. The molecule has 0 aliphatic carbocycles. The highest BCUT2D eigenvalue weighted by atomic mass is 16.3. The van der Waals surface area contributed by atoms with Crippen molar-refractivity contribution in [3.05, 3.63) is 40.3 Å². The minimum Gasteiger partial charge on any atom is -0.393 e. The third-order valence-corrected chi connectivity index (χ3v) is 2.47. The number of benzene rings is 1. The number of hydrogen-bond donors (Lipinski definition) is 2. The predicted octanol–water partition coefficient (Wildman–Crippen LogP) is 1.24. The van der Waals surface area contributed by atoms with E-state index < -0.39 is 6.10 Å². The summed E-state index contributed by atoms with van der Waals surface area (Å²) < 4.78 is 0. The van der Waals surface area contributed by atoms with E-state index in [9.17, 15) is 9.90 Å². The fraction of sp³-hybridized carbons (Fsp3) is 0.333. The van der Waals surface area contributed by atoms with E-state index in [0.29, 0.717) is 18.5 Å². The summed E-state index contributed by atoms with van der Waals surface area (Å²) in [4.78, 5) is 18.7. The van der Waals surface area contributed by atoms with E-state index in [4.69, 9.17) is 0 Å². The summed E-state index contributed by atoms with van der Waals surface area (Å²) in [7, 11) is 0. The van der Waals surface area contributed by atoms with E-state index in [2.05, 4.69) is 9.97 Å². The Balaban J connectivity index is 2.38. The van der Waals surface area contributed by atoms with Gasteiger partial charge in [-0.25, -0.2) is 4.98 Å². The topological polar surface area (TPSA) is 66.0 Å². The fourth-order valence-electron chi connectivity index (χ4n) is 1.58. The van der Waals surface area contributed by atoms with Crippen molar-refractivity contribution in [2.75, 3.05) is 0 Å². The van der Waals surface area contributed by atoms with Gasteiger partial charge in [-0.15, -0.1) is 0 Å². The first-order valence-electron chi connectivity index (χ1n) is 5.33. The van der Waals surface area contributed by atoms with Crippen LogP contribution in [0.1, 0.15) is 19.0 Å². The maximum absolute atomic E-state index is 11.6. The number of aromatic amines is 1. The number of rotatable bonds is 3. The molecular formula is C12H14N2O2. The normalized spacial score (nSPS) is 12.9. The molecule has 0 saturated heterocycles. The van der Waals surface area contributed by atoms with E-state index >= 15 is 0 Å². The first-order valence-corrected chi connectivity index (χ1v) is 5.33.